The maximum Gasteiger partial charge on any atom is 0.270 e. The van der Waals surface area contributed by atoms with E-state index < -0.39 is 6.29 Å². The van der Waals surface area contributed by atoms with Crippen LogP contribution in [0, 0.1) is 11.8 Å². The van der Waals surface area contributed by atoms with Crippen molar-refractivity contribution in [1.82, 2.24) is 24.4 Å². The number of methoxy groups -OCH3 is 1. The molecule has 3 aromatic heterocycles. The van der Waals surface area contributed by atoms with Gasteiger partial charge in [0.05, 0.1) is 0 Å². The first kappa shape index (κ1) is 20.8. The van der Waals surface area contributed by atoms with E-state index in [2.05, 4.69) is 19.9 Å². The second kappa shape index (κ2) is 8.14. The van der Waals surface area contributed by atoms with Crippen LogP contribution in [0.2, 0.25) is 0 Å². The maximum absolute atomic E-state index is 13.0. The fourth-order valence-corrected chi connectivity index (χ4v) is 5.20. The Balaban J connectivity index is 1.51. The van der Waals surface area contributed by atoms with Gasteiger partial charge in [-0.15, -0.1) is 0 Å². The molecule has 3 heterocycles. The monoisotopic (exact) mass is 436 g/mol. The maximum atomic E-state index is 13.0. The largest absolute Gasteiger partial charge is 0.364 e. The van der Waals surface area contributed by atoms with Gasteiger partial charge < -0.3 is 24.6 Å². The number of nitrogens with one attached hydrogen (secondary N) is 1. The van der Waals surface area contributed by atoms with Crippen molar-refractivity contribution in [2.24, 2.45) is 11.8 Å². The van der Waals surface area contributed by atoms with Gasteiger partial charge in [0, 0.05) is 50.6 Å². The number of pyridine rings is 1. The average molecular weight is 437 g/mol. The molecule has 0 aromatic carbocycles. The summed E-state index contributed by atoms with van der Waals surface area (Å²) in [6, 6.07) is 5.67. The van der Waals surface area contributed by atoms with Crippen LogP contribution < -0.4 is 5.32 Å². The molecule has 2 fully saturated rings. The lowest BCUT2D eigenvalue weighted by Gasteiger charge is -2.26. The van der Waals surface area contributed by atoms with Gasteiger partial charge in [-0.2, -0.15) is 4.98 Å². The predicted molar refractivity (Wildman–Crippen MR) is 120 cm³/mol. The molecule has 2 N–H and O–H groups in total. The molecule has 9 nitrogen and oxygen atoms in total. The van der Waals surface area contributed by atoms with Crippen LogP contribution >= 0.6 is 0 Å². The van der Waals surface area contributed by atoms with Crippen molar-refractivity contribution >= 4 is 28.7 Å². The fraction of sp³-hybridized carbons (Fsp3) is 0.478. The lowest BCUT2D eigenvalue weighted by molar-refractivity contribution is -0.0771. The third-order valence-electron chi connectivity index (χ3n) is 6.77. The summed E-state index contributed by atoms with van der Waals surface area (Å²) in [7, 11) is 4.99. The predicted octanol–water partition coefficient (Wildman–Crippen LogP) is 3.27. The Hall–Kier alpha value is -3.04. The summed E-state index contributed by atoms with van der Waals surface area (Å²) in [5.74, 6) is 2.29. The van der Waals surface area contributed by atoms with E-state index in [1.807, 2.05) is 6.07 Å². The first-order chi connectivity index (χ1) is 15.4. The van der Waals surface area contributed by atoms with E-state index >= 15 is 0 Å². The van der Waals surface area contributed by atoms with Gasteiger partial charge in [-0.05, 0) is 49.3 Å². The molecule has 32 heavy (non-hydrogen) atoms. The Morgan fingerprint density at radius 2 is 2.09 bits per heavy atom. The van der Waals surface area contributed by atoms with Gasteiger partial charge in [-0.3, -0.25) is 4.79 Å². The number of carbonyl (C=O) groups is 1. The number of aliphatic hydroxyl groups is 1. The van der Waals surface area contributed by atoms with Crippen LogP contribution in [0.3, 0.4) is 0 Å². The minimum absolute atomic E-state index is 0.0192. The summed E-state index contributed by atoms with van der Waals surface area (Å²) in [6.07, 6.45) is 7.12. The average Bonchev–Trinajstić information content (AvgIpc) is 3.52. The molecule has 2 aliphatic rings. The molecule has 2 unspecified atom stereocenters. The van der Waals surface area contributed by atoms with Crippen molar-refractivity contribution in [1.29, 1.82) is 0 Å². The Morgan fingerprint density at radius 1 is 1.25 bits per heavy atom. The topological polar surface area (TPSA) is 105 Å². The third kappa shape index (κ3) is 3.61. The van der Waals surface area contributed by atoms with Crippen LogP contribution in [0.15, 0.2) is 30.6 Å². The third-order valence-corrected chi connectivity index (χ3v) is 6.77. The molecule has 9 heteroatoms. The van der Waals surface area contributed by atoms with E-state index in [4.69, 9.17) is 9.72 Å². The van der Waals surface area contributed by atoms with E-state index in [0.717, 1.165) is 23.4 Å². The number of hydrogen-bond acceptors (Lipinski definition) is 7. The summed E-state index contributed by atoms with van der Waals surface area (Å²) in [6.45, 7) is 0. The van der Waals surface area contributed by atoms with Crippen LogP contribution in [0.25, 0.3) is 11.0 Å². The molecular weight excluding hydrogens is 408 g/mol. The minimum Gasteiger partial charge on any atom is -0.364 e. The van der Waals surface area contributed by atoms with Gasteiger partial charge in [-0.25, -0.2) is 9.97 Å². The summed E-state index contributed by atoms with van der Waals surface area (Å²) in [5, 5.41) is 13.7. The van der Waals surface area contributed by atoms with Gasteiger partial charge in [-0.1, -0.05) is 6.42 Å². The number of anilines is 2. The highest BCUT2D eigenvalue weighted by atomic mass is 16.6. The van der Waals surface area contributed by atoms with Crippen molar-refractivity contribution in [2.75, 3.05) is 26.5 Å². The van der Waals surface area contributed by atoms with Crippen LogP contribution in [-0.4, -0.2) is 56.6 Å². The van der Waals surface area contributed by atoms with Crippen LogP contribution in [-0.2, 0) is 4.74 Å². The molecular formula is C23H28N6O3. The van der Waals surface area contributed by atoms with Crippen LogP contribution in [0.5, 0.6) is 0 Å². The molecule has 2 bridgehead atoms. The molecule has 0 radical (unpaired) electrons. The van der Waals surface area contributed by atoms with Crippen LogP contribution in [0.4, 0.5) is 11.8 Å². The second-order valence-electron chi connectivity index (χ2n) is 9.00. The SMILES string of the molecule is COC(O)c1ccc(Nc2ncc3cc(C(=O)N(C)C)n(C4C[C@H]5CC[C@@H]4C5)c3n2)nc1. The summed E-state index contributed by atoms with van der Waals surface area (Å²) in [5.41, 5.74) is 2.01. The van der Waals surface area contributed by atoms with Gasteiger partial charge in [0.15, 0.2) is 6.29 Å². The summed E-state index contributed by atoms with van der Waals surface area (Å²) >= 11 is 0. The highest BCUT2D eigenvalue weighted by Gasteiger charge is 2.42. The molecule has 2 aliphatic carbocycles. The van der Waals surface area contributed by atoms with E-state index in [0.29, 0.717) is 35.0 Å². The van der Waals surface area contributed by atoms with Gasteiger partial charge in [0.25, 0.3) is 5.91 Å². The summed E-state index contributed by atoms with van der Waals surface area (Å²) < 4.78 is 7.05. The zero-order valence-electron chi connectivity index (χ0n) is 18.5. The molecule has 2 saturated carbocycles. The smallest absolute Gasteiger partial charge is 0.270 e. The minimum atomic E-state index is -1.01. The number of aromatic nitrogens is 4. The number of amides is 1. The van der Waals surface area contributed by atoms with E-state index in [9.17, 15) is 9.90 Å². The lowest BCUT2D eigenvalue weighted by atomic mass is 9.95. The van der Waals surface area contributed by atoms with Gasteiger partial charge >= 0.3 is 0 Å². The number of ether oxygens (including phenoxy) is 1. The number of nitrogens with zero attached hydrogens (tertiary/aromatic N) is 5. The van der Waals surface area contributed by atoms with E-state index in [1.54, 1.807) is 43.5 Å². The van der Waals surface area contributed by atoms with Crippen molar-refractivity contribution in [3.05, 3.63) is 41.9 Å². The normalized spacial score (nSPS) is 22.9. The highest BCUT2D eigenvalue weighted by molar-refractivity contribution is 5.97. The molecule has 0 aliphatic heterocycles. The molecule has 3 aromatic rings. The molecule has 1 amide bonds. The molecule has 0 saturated heterocycles. The number of carbonyl (C=O) groups excluding carboxylic acids is 1. The molecule has 4 atom stereocenters. The Morgan fingerprint density at radius 3 is 2.72 bits per heavy atom. The van der Waals surface area contributed by atoms with Crippen LogP contribution in [0.1, 0.15) is 54.1 Å². The van der Waals surface area contributed by atoms with E-state index in [-0.39, 0.29) is 5.91 Å². The Bertz CT molecular complexity index is 1140. The van der Waals surface area contributed by atoms with Gasteiger partial charge in [0.1, 0.15) is 17.2 Å². The first-order valence-electron chi connectivity index (χ1n) is 11.0. The number of aliphatic hydroxyl groups excluding tert-OH is 1. The van der Waals surface area contributed by atoms with Crippen molar-refractivity contribution in [3.63, 3.8) is 0 Å². The summed E-state index contributed by atoms with van der Waals surface area (Å²) in [4.78, 5) is 28.1. The van der Waals surface area contributed by atoms with Crippen molar-refractivity contribution in [3.8, 4) is 0 Å². The quantitative estimate of drug-likeness (QED) is 0.571. The standard InChI is InChI=1S/C23H28N6O3/c1-28(2)21(30)18-10-16-12-25-23(26-19-7-6-15(11-24-19)22(31)32-3)27-20(16)29(18)17-9-13-4-5-14(17)8-13/h6-7,10-14,17,22,31H,4-5,8-9H2,1-3H3,(H,24,25,26,27)/t13-,14+,17?,22?/m0/s1. The van der Waals surface area contributed by atoms with Crippen molar-refractivity contribution < 1.29 is 14.6 Å². The second-order valence-corrected chi connectivity index (χ2v) is 9.00. The first-order valence-corrected chi connectivity index (χ1v) is 11.0. The number of fused-ring (bicyclic) bond motifs is 3. The molecule has 0 spiro atoms. The molecule has 168 valence electrons. The number of hydrogen-bond donors (Lipinski definition) is 2. The van der Waals surface area contributed by atoms with Gasteiger partial charge in [0.2, 0.25) is 5.95 Å². The number of rotatable bonds is 6. The van der Waals surface area contributed by atoms with Crippen molar-refractivity contribution in [2.45, 2.75) is 38.0 Å². The lowest BCUT2D eigenvalue weighted by Crippen LogP contribution is -2.27. The molecule has 5 rings (SSSR count). The van der Waals surface area contributed by atoms with E-state index in [1.165, 1.54) is 26.4 Å². The highest BCUT2D eigenvalue weighted by Crippen LogP contribution is 2.52. The zero-order chi connectivity index (χ0) is 22.4. The fourth-order valence-electron chi connectivity index (χ4n) is 5.20. The zero-order valence-corrected chi connectivity index (χ0v) is 18.5. The Labute approximate surface area is 186 Å². The Kier molecular flexibility index (Phi) is 5.30.